The number of nitrogen functional groups attached to an aromatic ring is 7. The number of hydrogen-bond acceptors (Lipinski definition) is 20. The van der Waals surface area contributed by atoms with Crippen molar-refractivity contribution in [2.24, 2.45) is 0 Å². The van der Waals surface area contributed by atoms with Gasteiger partial charge in [-0.1, -0.05) is 11.6 Å². The number of rotatable bonds is 12. The number of nitrogens with zero attached hydrogens (tertiary/aromatic N) is 6. The van der Waals surface area contributed by atoms with Gasteiger partial charge in [-0.05, 0) is 140 Å². The van der Waals surface area contributed by atoms with Gasteiger partial charge in [-0.25, -0.2) is 4.79 Å². The number of pyridine rings is 1. The van der Waals surface area contributed by atoms with Crippen molar-refractivity contribution in [1.29, 1.82) is 0 Å². The average Bonchev–Trinajstić information content (AvgIpc) is 3.57. The summed E-state index contributed by atoms with van der Waals surface area (Å²) in [7, 11) is 18.0. The molecule has 3 heterocycles. The quantitative estimate of drug-likeness (QED) is 0.0319. The molecule has 6 radical (unpaired) electrons. The van der Waals surface area contributed by atoms with Gasteiger partial charge in [-0.2, -0.15) is 19.9 Å². The van der Waals surface area contributed by atoms with Gasteiger partial charge in [0.1, 0.15) is 29.0 Å². The third-order valence-electron chi connectivity index (χ3n) is 10.0. The van der Waals surface area contributed by atoms with Crippen LogP contribution in [0.3, 0.4) is 0 Å². The van der Waals surface area contributed by atoms with Crippen LogP contribution in [0.2, 0.25) is 5.02 Å². The first kappa shape index (κ1) is 71.5. The highest BCUT2D eigenvalue weighted by atomic mass is 35.5. The van der Waals surface area contributed by atoms with Crippen LogP contribution in [0, 0.1) is 0 Å². The molecule has 0 aliphatic carbocycles. The molecule has 0 fully saturated rings. The minimum Gasteiger partial charge on any atom is -0.478 e. The van der Waals surface area contributed by atoms with Gasteiger partial charge >= 0.3 is 5.97 Å². The van der Waals surface area contributed by atoms with Crippen molar-refractivity contribution in [1.82, 2.24) is 24.9 Å². The van der Waals surface area contributed by atoms with Crippen LogP contribution in [0.15, 0.2) is 158 Å². The molecule has 21 N–H and O–H groups in total. The van der Waals surface area contributed by atoms with Crippen LogP contribution in [0.25, 0.3) is 10.9 Å². The summed E-state index contributed by atoms with van der Waals surface area (Å²) < 4.78 is 4.68. The third kappa shape index (κ3) is 24.8. The molecule has 3 aromatic heterocycles. The number of fused-ring (bicyclic) bond motifs is 1. The normalized spacial score (nSPS) is 9.43. The number of anilines is 15. The number of halogens is 4. The van der Waals surface area contributed by atoms with Gasteiger partial charge < -0.3 is 81.6 Å². The molecule has 1 amide bonds. The van der Waals surface area contributed by atoms with Gasteiger partial charge in [0.05, 0.1) is 11.1 Å². The highest BCUT2D eigenvalue weighted by Crippen LogP contribution is 2.29. The number of aromatic nitrogens is 5. The highest BCUT2D eigenvalue weighted by Gasteiger charge is 2.10. The number of amides is 1. The lowest BCUT2D eigenvalue weighted by Crippen LogP contribution is -2.11. The van der Waals surface area contributed by atoms with E-state index < -0.39 is 12.4 Å². The molecule has 9 aromatic rings. The van der Waals surface area contributed by atoms with Gasteiger partial charge in [0.15, 0.2) is 0 Å². The van der Waals surface area contributed by atoms with Crippen molar-refractivity contribution in [2.45, 2.75) is 0 Å². The van der Waals surface area contributed by atoms with Crippen molar-refractivity contribution in [3.05, 3.63) is 174 Å². The fourth-order valence-electron chi connectivity index (χ4n) is 6.55. The van der Waals surface area contributed by atoms with E-state index in [0.29, 0.717) is 57.2 Å². The first-order valence-electron chi connectivity index (χ1n) is 23.2. The number of carbonyl (C=O) groups is 3. The van der Waals surface area contributed by atoms with Gasteiger partial charge in [0, 0.05) is 131 Å². The lowest BCUT2D eigenvalue weighted by molar-refractivity contribution is -0.120. The topological polar surface area (TPSA) is 410 Å². The summed E-state index contributed by atoms with van der Waals surface area (Å²) >= 11 is 5.59. The molecule has 0 aliphatic rings. The fraction of sp³-hybridized carbons (Fsp3) is 0.0385. The van der Waals surface area contributed by atoms with Crippen molar-refractivity contribution in [3.8, 4) is 5.75 Å². The van der Waals surface area contributed by atoms with Crippen molar-refractivity contribution < 1.29 is 31.1 Å². The van der Waals surface area contributed by atoms with Gasteiger partial charge in [-0.3, -0.25) is 14.6 Å². The SMILES string of the molecule is CN(C)c1ccc2nccc(Nc3ccc(NC(=O)c4ccc(Nc5cc(N)nc(N)n5)cc4)cc3)c2c1.Cl.Cl.Cl.Nc1cc(N)cc(Cl)c1.Nc1cc(Nc2ccc(OC=O)cc2)nc(N)n1.Nc1ccc(C(=O)O)cc1.O.[2HH].[B]B([B])[B]. The Balaban J connectivity index is 0.00000124. The molecule has 0 unspecified atom stereocenters. The number of ether oxygens (including phenoxy) is 1. The zero-order valence-electron chi connectivity index (χ0n) is 44.3. The van der Waals surface area contributed by atoms with Crippen molar-refractivity contribution >= 4 is 194 Å². The summed E-state index contributed by atoms with van der Waals surface area (Å²) in [5.74, 6) is 0.996. The maximum absolute atomic E-state index is 12.8. The molecular formula is C52H59B4Cl4N17O6. The number of hydrogen-bond donors (Lipinski definition) is 12. The molecule has 0 aliphatic heterocycles. The number of nitrogens with two attached hydrogens (primary N) is 7. The fourth-order valence-corrected chi connectivity index (χ4v) is 6.80. The number of nitrogens with one attached hydrogen (secondary N) is 4. The molecular weight excluding hydrogens is 1140 g/mol. The third-order valence-corrected chi connectivity index (χ3v) is 10.2. The molecule has 428 valence electrons. The Bertz CT molecular complexity index is 3400. The predicted molar refractivity (Wildman–Crippen MR) is 350 cm³/mol. The lowest BCUT2D eigenvalue weighted by Gasteiger charge is -2.15. The summed E-state index contributed by atoms with van der Waals surface area (Å²) in [5.41, 5.74) is 47.1. The number of carboxylic acid groups (broad SMARTS) is 1. The predicted octanol–water partition coefficient (Wildman–Crippen LogP) is 7.55. The lowest BCUT2D eigenvalue weighted by atomic mass is 9.08. The van der Waals surface area contributed by atoms with E-state index in [1.54, 1.807) is 97.2 Å². The van der Waals surface area contributed by atoms with Crippen LogP contribution < -0.4 is 71.0 Å². The van der Waals surface area contributed by atoms with Gasteiger partial charge in [0.25, 0.3) is 12.4 Å². The molecule has 6 aromatic carbocycles. The van der Waals surface area contributed by atoms with E-state index in [2.05, 4.69) is 85.1 Å². The maximum Gasteiger partial charge on any atom is 0.335 e. The first-order valence-corrected chi connectivity index (χ1v) is 23.6. The van der Waals surface area contributed by atoms with E-state index >= 15 is 0 Å². The van der Waals surface area contributed by atoms with E-state index in [0.717, 1.165) is 39.3 Å². The van der Waals surface area contributed by atoms with Crippen LogP contribution >= 0.6 is 48.8 Å². The molecule has 0 saturated carbocycles. The Kier molecular flexibility index (Phi) is 30.4. The van der Waals surface area contributed by atoms with Gasteiger partial charge in [0.2, 0.25) is 11.9 Å². The molecule has 0 atom stereocenters. The second-order valence-electron chi connectivity index (χ2n) is 16.6. The Morgan fingerprint density at radius 2 is 1.06 bits per heavy atom. The Morgan fingerprint density at radius 3 is 1.52 bits per heavy atom. The van der Waals surface area contributed by atoms with Crippen LogP contribution in [0.1, 0.15) is 22.1 Å². The number of aromatic carboxylic acids is 1. The molecule has 9 rings (SSSR count). The Labute approximate surface area is 507 Å². The summed E-state index contributed by atoms with van der Waals surface area (Å²) in [5, 5.41) is 22.5. The van der Waals surface area contributed by atoms with E-state index in [1.165, 1.54) is 12.1 Å². The summed E-state index contributed by atoms with van der Waals surface area (Å²) in [4.78, 5) is 55.4. The number of carboxylic acids is 1. The molecule has 0 saturated heterocycles. The Hall–Kier alpha value is -9.52. The van der Waals surface area contributed by atoms with Crippen LogP contribution in [-0.2, 0) is 4.79 Å². The van der Waals surface area contributed by atoms with Crippen LogP contribution in [-0.4, -0.2) is 97.5 Å². The highest BCUT2D eigenvalue weighted by molar-refractivity contribution is 7.49. The zero-order chi connectivity index (χ0) is 57.6. The largest absolute Gasteiger partial charge is 0.478 e. The molecule has 0 bridgehead atoms. The van der Waals surface area contributed by atoms with Gasteiger partial charge in [-0.15, -0.1) is 37.2 Å². The van der Waals surface area contributed by atoms with E-state index in [9.17, 15) is 14.4 Å². The molecule has 31 heteroatoms. The van der Waals surface area contributed by atoms with Crippen molar-refractivity contribution in [2.75, 3.05) is 80.4 Å². The van der Waals surface area contributed by atoms with E-state index in [-0.39, 0.29) is 79.1 Å². The summed E-state index contributed by atoms with van der Waals surface area (Å²) in [6.07, 6.45) is 1.12. The summed E-state index contributed by atoms with van der Waals surface area (Å²) in [6.45, 7) is 0.369. The molecule has 83 heavy (non-hydrogen) atoms. The second kappa shape index (κ2) is 35.3. The smallest absolute Gasteiger partial charge is 0.335 e. The minimum absolute atomic E-state index is 0. The minimum atomic E-state index is -0.931. The van der Waals surface area contributed by atoms with Crippen LogP contribution in [0.5, 0.6) is 5.75 Å². The average molecular weight is 1200 g/mol. The number of benzene rings is 6. The molecule has 0 spiro atoms. The monoisotopic (exact) mass is 1200 g/mol. The van der Waals surface area contributed by atoms with E-state index in [4.69, 9.17) is 56.8 Å². The summed E-state index contributed by atoms with van der Waals surface area (Å²) in [6, 6.07) is 43.6. The Morgan fingerprint density at radius 1 is 0.602 bits per heavy atom. The maximum atomic E-state index is 12.8. The standard InChI is InChI=1S/C28H27N9O.C11H11N5O2.C7H7NO2.C6H7ClN2.B4.3ClH.H2O.H2/c1-37(2)21-11-12-23-22(15-21)24(13-14-31-23)32-18-7-9-20(10-8-18)34-27(38)17-3-5-19(6-4-17)33-26-16-25(29)35-28(30)36-26;12-9-5-10(16-11(13)15-9)14-7-1-3-8(4-2-7)18-6-17;8-6-3-1-5(2-4-6)7(9)10;7-4-1-5(8)3-6(9)2-4;1-4(2)3;;;;;/h3-16H,1-2H3,(H,31,32)(H,34,38)(H5,29,30,33,35,36);1-6H,(H5,12,13,14,15,16);1-4H,8H2,(H,9,10);1-3H,8-9H2;;3*1H;1H2;1H/i;;;;;;;;;1+1. The molecule has 23 nitrogen and oxygen atoms in total. The first-order chi connectivity index (χ1) is 37.6. The number of carbonyl (C=O) groups excluding carboxylic acids is 2. The van der Waals surface area contributed by atoms with E-state index in [1.807, 2.05) is 56.6 Å². The van der Waals surface area contributed by atoms with Crippen LogP contribution in [0.4, 0.5) is 86.4 Å². The zero-order valence-corrected chi connectivity index (χ0v) is 47.5. The van der Waals surface area contributed by atoms with Crippen molar-refractivity contribution in [3.63, 3.8) is 0 Å². The second-order valence-corrected chi connectivity index (χ2v) is 17.0.